The SMILES string of the molecule is NC(=O)OC(=O)C1CCCN1c1ccc([N+](=O)[O-])cc1. The number of rotatable bonds is 3. The van der Waals surface area contributed by atoms with E-state index in [2.05, 4.69) is 4.74 Å². The minimum Gasteiger partial charge on any atom is -0.375 e. The Morgan fingerprint density at radius 1 is 1.35 bits per heavy atom. The van der Waals surface area contributed by atoms with E-state index in [1.54, 1.807) is 17.0 Å². The number of nitrogens with two attached hydrogens (primary N) is 1. The van der Waals surface area contributed by atoms with Gasteiger partial charge in [0.25, 0.3) is 5.69 Å². The first-order valence-corrected chi connectivity index (χ1v) is 6.01. The van der Waals surface area contributed by atoms with E-state index < -0.39 is 23.0 Å². The highest BCUT2D eigenvalue weighted by atomic mass is 16.6. The van der Waals surface area contributed by atoms with E-state index in [0.717, 1.165) is 6.42 Å². The molecule has 1 amide bonds. The first-order valence-electron chi connectivity index (χ1n) is 6.01. The van der Waals surface area contributed by atoms with Gasteiger partial charge < -0.3 is 15.4 Å². The van der Waals surface area contributed by atoms with Crippen LogP contribution in [0.5, 0.6) is 0 Å². The lowest BCUT2D eigenvalue weighted by molar-refractivity contribution is -0.384. The van der Waals surface area contributed by atoms with E-state index in [9.17, 15) is 19.7 Å². The molecule has 1 aliphatic heterocycles. The molecule has 0 aliphatic carbocycles. The van der Waals surface area contributed by atoms with Crippen LogP contribution in [0.1, 0.15) is 12.8 Å². The Hall–Kier alpha value is -2.64. The number of nitro benzene ring substituents is 1. The fraction of sp³-hybridized carbons (Fsp3) is 0.333. The van der Waals surface area contributed by atoms with E-state index in [1.807, 2.05) is 0 Å². The Balaban J connectivity index is 2.16. The zero-order chi connectivity index (χ0) is 14.7. The van der Waals surface area contributed by atoms with Gasteiger partial charge in [0, 0.05) is 24.4 Å². The maximum Gasteiger partial charge on any atom is 0.412 e. The highest BCUT2D eigenvalue weighted by Gasteiger charge is 2.33. The Morgan fingerprint density at radius 3 is 2.55 bits per heavy atom. The molecular formula is C12H13N3O5. The van der Waals surface area contributed by atoms with Gasteiger partial charge in [0.2, 0.25) is 0 Å². The van der Waals surface area contributed by atoms with E-state index in [0.29, 0.717) is 18.7 Å². The Bertz CT molecular complexity index is 543. The van der Waals surface area contributed by atoms with Crippen molar-refractivity contribution in [1.82, 2.24) is 0 Å². The third kappa shape index (κ3) is 2.85. The van der Waals surface area contributed by atoms with Crippen LogP contribution in [0.4, 0.5) is 16.2 Å². The molecule has 1 heterocycles. The topological polar surface area (TPSA) is 116 Å². The van der Waals surface area contributed by atoms with Gasteiger partial charge in [0.15, 0.2) is 0 Å². The number of nitrogens with zero attached hydrogens (tertiary/aromatic N) is 2. The fourth-order valence-corrected chi connectivity index (χ4v) is 2.25. The lowest BCUT2D eigenvalue weighted by Gasteiger charge is -2.24. The summed E-state index contributed by atoms with van der Waals surface area (Å²) in [5.41, 5.74) is 5.47. The van der Waals surface area contributed by atoms with Gasteiger partial charge in [0.05, 0.1) is 4.92 Å². The van der Waals surface area contributed by atoms with Gasteiger partial charge in [-0.1, -0.05) is 0 Å². The van der Waals surface area contributed by atoms with Crippen molar-refractivity contribution >= 4 is 23.4 Å². The van der Waals surface area contributed by atoms with E-state index in [1.165, 1.54) is 12.1 Å². The normalized spacial score (nSPS) is 17.8. The van der Waals surface area contributed by atoms with Crippen molar-refractivity contribution in [3.63, 3.8) is 0 Å². The van der Waals surface area contributed by atoms with Crippen LogP contribution in [0, 0.1) is 10.1 Å². The third-order valence-electron chi connectivity index (χ3n) is 3.12. The average molecular weight is 279 g/mol. The first-order chi connectivity index (χ1) is 9.49. The van der Waals surface area contributed by atoms with Crippen molar-refractivity contribution in [2.24, 2.45) is 5.73 Å². The molecule has 1 aromatic rings. The van der Waals surface area contributed by atoms with Crippen LogP contribution in [-0.2, 0) is 9.53 Å². The molecular weight excluding hydrogens is 266 g/mol. The summed E-state index contributed by atoms with van der Waals surface area (Å²) in [6.45, 7) is 0.607. The summed E-state index contributed by atoms with van der Waals surface area (Å²) in [5.74, 6) is -0.701. The fourth-order valence-electron chi connectivity index (χ4n) is 2.25. The van der Waals surface area contributed by atoms with Crippen molar-refractivity contribution in [2.45, 2.75) is 18.9 Å². The number of nitro groups is 1. The molecule has 1 saturated heterocycles. The second-order valence-electron chi connectivity index (χ2n) is 4.37. The highest BCUT2D eigenvalue weighted by molar-refractivity contribution is 5.89. The second kappa shape index (κ2) is 5.55. The predicted molar refractivity (Wildman–Crippen MR) is 69.1 cm³/mol. The van der Waals surface area contributed by atoms with Crippen LogP contribution in [0.3, 0.4) is 0 Å². The summed E-state index contributed by atoms with van der Waals surface area (Å²) in [6, 6.07) is 5.26. The number of esters is 1. The molecule has 8 heteroatoms. The van der Waals surface area contributed by atoms with Crippen molar-refractivity contribution < 1.29 is 19.2 Å². The Labute approximate surface area is 114 Å². The van der Waals surface area contributed by atoms with E-state index in [-0.39, 0.29) is 5.69 Å². The van der Waals surface area contributed by atoms with E-state index in [4.69, 9.17) is 5.73 Å². The molecule has 2 N–H and O–H groups in total. The van der Waals surface area contributed by atoms with Gasteiger partial charge in [-0.25, -0.2) is 9.59 Å². The van der Waals surface area contributed by atoms with Gasteiger partial charge in [-0.3, -0.25) is 10.1 Å². The predicted octanol–water partition coefficient (Wildman–Crippen LogP) is 1.19. The molecule has 1 atom stereocenters. The quantitative estimate of drug-likeness (QED) is 0.384. The smallest absolute Gasteiger partial charge is 0.375 e. The maximum atomic E-state index is 11.7. The number of benzene rings is 1. The zero-order valence-electron chi connectivity index (χ0n) is 10.5. The molecule has 2 rings (SSSR count). The summed E-state index contributed by atoms with van der Waals surface area (Å²) in [7, 11) is 0. The molecule has 0 aromatic heterocycles. The number of non-ortho nitro benzene ring substituents is 1. The zero-order valence-corrected chi connectivity index (χ0v) is 10.5. The number of primary amides is 1. The summed E-state index contributed by atoms with van der Waals surface area (Å²) in [6.07, 6.45) is 0.170. The molecule has 1 unspecified atom stereocenters. The van der Waals surface area contributed by atoms with Crippen LogP contribution < -0.4 is 10.6 Å². The number of anilines is 1. The maximum absolute atomic E-state index is 11.7. The number of carbonyl (C=O) groups excluding carboxylic acids is 2. The van der Waals surface area contributed by atoms with Gasteiger partial charge in [-0.05, 0) is 25.0 Å². The van der Waals surface area contributed by atoms with Crippen molar-refractivity contribution in [3.8, 4) is 0 Å². The molecule has 0 radical (unpaired) electrons. The van der Waals surface area contributed by atoms with Crippen molar-refractivity contribution in [2.75, 3.05) is 11.4 Å². The molecule has 0 bridgehead atoms. The molecule has 1 aliphatic rings. The van der Waals surface area contributed by atoms with E-state index >= 15 is 0 Å². The molecule has 1 fully saturated rings. The number of hydrogen-bond acceptors (Lipinski definition) is 6. The van der Waals surface area contributed by atoms with Gasteiger partial charge in [-0.2, -0.15) is 0 Å². The van der Waals surface area contributed by atoms with Crippen LogP contribution in [-0.4, -0.2) is 29.6 Å². The Morgan fingerprint density at radius 2 is 2.00 bits per heavy atom. The molecule has 0 saturated carbocycles. The standard InChI is InChI=1S/C12H13N3O5/c13-12(17)20-11(16)10-2-1-7-14(10)8-3-5-9(6-4-8)15(18)19/h3-6,10H,1-2,7H2,(H2,13,17). The first kappa shape index (κ1) is 13.8. The van der Waals surface area contributed by atoms with Crippen LogP contribution in [0.25, 0.3) is 0 Å². The summed E-state index contributed by atoms with van der Waals surface area (Å²) >= 11 is 0. The molecule has 8 nitrogen and oxygen atoms in total. The average Bonchev–Trinajstić information content (AvgIpc) is 2.87. The van der Waals surface area contributed by atoms with Crippen LogP contribution in [0.15, 0.2) is 24.3 Å². The van der Waals surface area contributed by atoms with Gasteiger partial charge in [0.1, 0.15) is 6.04 Å². The molecule has 0 spiro atoms. The van der Waals surface area contributed by atoms with Crippen molar-refractivity contribution in [1.29, 1.82) is 0 Å². The molecule has 20 heavy (non-hydrogen) atoms. The number of hydrogen-bond donors (Lipinski definition) is 1. The number of amides is 1. The third-order valence-corrected chi connectivity index (χ3v) is 3.12. The lowest BCUT2D eigenvalue weighted by Crippen LogP contribution is -2.39. The highest BCUT2D eigenvalue weighted by Crippen LogP contribution is 2.27. The molecule has 106 valence electrons. The lowest BCUT2D eigenvalue weighted by atomic mass is 10.2. The van der Waals surface area contributed by atoms with Gasteiger partial charge in [-0.15, -0.1) is 0 Å². The largest absolute Gasteiger partial charge is 0.412 e. The monoisotopic (exact) mass is 279 g/mol. The minimum absolute atomic E-state index is 0.0239. The summed E-state index contributed by atoms with van der Waals surface area (Å²) in [5, 5.41) is 10.6. The second-order valence-corrected chi connectivity index (χ2v) is 4.37. The molecule has 1 aromatic carbocycles. The van der Waals surface area contributed by atoms with Gasteiger partial charge >= 0.3 is 12.1 Å². The number of ether oxygens (including phenoxy) is 1. The Kier molecular flexibility index (Phi) is 3.83. The summed E-state index contributed by atoms with van der Waals surface area (Å²) < 4.78 is 4.40. The van der Waals surface area contributed by atoms with Crippen LogP contribution >= 0.6 is 0 Å². The van der Waals surface area contributed by atoms with Crippen molar-refractivity contribution in [3.05, 3.63) is 34.4 Å². The number of carbonyl (C=O) groups is 2. The summed E-state index contributed by atoms with van der Waals surface area (Å²) in [4.78, 5) is 34.2. The van der Waals surface area contributed by atoms with Crippen LogP contribution in [0.2, 0.25) is 0 Å². The minimum atomic E-state index is -1.13.